The van der Waals surface area contributed by atoms with E-state index in [1.54, 1.807) is 0 Å². The normalized spacial score (nSPS) is 29.6. The zero-order valence-electron chi connectivity index (χ0n) is 10.8. The van der Waals surface area contributed by atoms with Crippen molar-refractivity contribution in [2.75, 3.05) is 26.2 Å². The van der Waals surface area contributed by atoms with Gasteiger partial charge in [-0.05, 0) is 40.0 Å². The highest BCUT2D eigenvalue weighted by Crippen LogP contribution is 2.47. The number of likely N-dealkylation sites (tertiary alicyclic amines) is 1. The van der Waals surface area contributed by atoms with Gasteiger partial charge in [0.15, 0.2) is 0 Å². The molecule has 1 aliphatic heterocycles. The average molecular weight is 229 g/mol. The molecule has 0 spiro atoms. The van der Waals surface area contributed by atoms with E-state index in [4.69, 9.17) is 4.74 Å². The van der Waals surface area contributed by atoms with Crippen LogP contribution in [0.3, 0.4) is 0 Å². The van der Waals surface area contributed by atoms with E-state index in [2.05, 4.69) is 25.7 Å². The van der Waals surface area contributed by atoms with E-state index in [1.807, 2.05) is 0 Å². The molecule has 0 radical (unpaired) electrons. The minimum atomic E-state index is -0.598. The van der Waals surface area contributed by atoms with Crippen molar-refractivity contribution in [2.45, 2.75) is 51.8 Å². The van der Waals surface area contributed by atoms with E-state index >= 15 is 0 Å². The van der Waals surface area contributed by atoms with E-state index in [9.17, 15) is 4.39 Å². The van der Waals surface area contributed by atoms with Gasteiger partial charge in [0.25, 0.3) is 0 Å². The first-order valence-corrected chi connectivity index (χ1v) is 6.39. The van der Waals surface area contributed by atoms with E-state index in [0.717, 1.165) is 26.1 Å². The molecule has 0 bridgehead atoms. The molecule has 1 heterocycles. The molecule has 2 rings (SSSR count). The maximum absolute atomic E-state index is 13.1. The van der Waals surface area contributed by atoms with Crippen molar-refractivity contribution < 1.29 is 9.13 Å². The van der Waals surface area contributed by atoms with Crippen LogP contribution < -0.4 is 0 Å². The number of rotatable bonds is 4. The van der Waals surface area contributed by atoms with Crippen molar-refractivity contribution in [3.8, 4) is 0 Å². The maximum atomic E-state index is 13.1. The highest BCUT2D eigenvalue weighted by Gasteiger charge is 2.45. The number of nitrogens with zero attached hydrogens (tertiary/aromatic N) is 1. The fraction of sp³-hybridized carbons (Fsp3) is 1.00. The summed E-state index contributed by atoms with van der Waals surface area (Å²) in [7, 11) is 0. The standard InChI is InChI=1S/C13H24FNO/c1-12(2,3)16-10-13(5-6-13)9-15-7-4-11(14)8-15/h11H,4-10H2,1-3H3/t11-/m1/s1. The van der Waals surface area contributed by atoms with Gasteiger partial charge in [0, 0.05) is 25.0 Å². The molecule has 0 aromatic carbocycles. The Morgan fingerprint density at radius 2 is 2.06 bits per heavy atom. The van der Waals surface area contributed by atoms with Crippen LogP contribution in [0.15, 0.2) is 0 Å². The molecule has 2 aliphatic rings. The Balaban J connectivity index is 1.76. The van der Waals surface area contributed by atoms with E-state index < -0.39 is 6.17 Å². The first-order valence-electron chi connectivity index (χ1n) is 6.39. The maximum Gasteiger partial charge on any atom is 0.114 e. The lowest BCUT2D eigenvalue weighted by atomic mass is 10.1. The minimum Gasteiger partial charge on any atom is -0.375 e. The SMILES string of the molecule is CC(C)(C)OCC1(CN2CC[C@@H](F)C2)CC1. The molecule has 1 saturated heterocycles. The zero-order valence-corrected chi connectivity index (χ0v) is 10.8. The summed E-state index contributed by atoms with van der Waals surface area (Å²) in [5.41, 5.74) is 0.292. The van der Waals surface area contributed by atoms with Gasteiger partial charge in [-0.25, -0.2) is 4.39 Å². The van der Waals surface area contributed by atoms with Crippen molar-refractivity contribution in [3.63, 3.8) is 0 Å². The molecule has 0 N–H and O–H groups in total. The van der Waals surface area contributed by atoms with Gasteiger partial charge in [-0.15, -0.1) is 0 Å². The van der Waals surface area contributed by atoms with E-state index in [0.29, 0.717) is 12.0 Å². The number of ether oxygens (including phenoxy) is 1. The quantitative estimate of drug-likeness (QED) is 0.735. The molecule has 3 heteroatoms. The predicted octanol–water partition coefficient (Wildman–Crippen LogP) is 2.63. The van der Waals surface area contributed by atoms with Crippen molar-refractivity contribution in [2.24, 2.45) is 5.41 Å². The minimum absolute atomic E-state index is 0.0524. The third-order valence-electron chi connectivity index (χ3n) is 3.54. The van der Waals surface area contributed by atoms with Crippen molar-refractivity contribution in [3.05, 3.63) is 0 Å². The fourth-order valence-corrected chi connectivity index (χ4v) is 2.30. The second-order valence-corrected chi connectivity index (χ2v) is 6.52. The third kappa shape index (κ3) is 3.42. The molecule has 0 amide bonds. The molecule has 94 valence electrons. The molecule has 1 saturated carbocycles. The van der Waals surface area contributed by atoms with Crippen LogP contribution in [0.4, 0.5) is 4.39 Å². The second kappa shape index (κ2) is 4.26. The summed E-state index contributed by atoms with van der Waals surface area (Å²) in [4.78, 5) is 2.27. The van der Waals surface area contributed by atoms with Gasteiger partial charge in [-0.3, -0.25) is 4.90 Å². The lowest BCUT2D eigenvalue weighted by molar-refractivity contribution is -0.0331. The summed E-state index contributed by atoms with van der Waals surface area (Å²) < 4.78 is 18.9. The Morgan fingerprint density at radius 3 is 2.50 bits per heavy atom. The van der Waals surface area contributed by atoms with Gasteiger partial charge in [0.2, 0.25) is 0 Å². The topological polar surface area (TPSA) is 12.5 Å². The summed E-state index contributed by atoms with van der Waals surface area (Å²) in [6, 6.07) is 0. The fourth-order valence-electron chi connectivity index (χ4n) is 2.30. The van der Waals surface area contributed by atoms with Gasteiger partial charge in [0.1, 0.15) is 6.17 Å². The summed E-state index contributed by atoms with van der Waals surface area (Å²) in [6.45, 7) is 9.72. The van der Waals surface area contributed by atoms with Crippen LogP contribution in [0.1, 0.15) is 40.0 Å². The van der Waals surface area contributed by atoms with Crippen molar-refractivity contribution >= 4 is 0 Å². The monoisotopic (exact) mass is 229 g/mol. The molecular weight excluding hydrogens is 205 g/mol. The highest BCUT2D eigenvalue weighted by atomic mass is 19.1. The third-order valence-corrected chi connectivity index (χ3v) is 3.54. The lowest BCUT2D eigenvalue weighted by Crippen LogP contribution is -2.33. The number of hydrogen-bond donors (Lipinski definition) is 0. The van der Waals surface area contributed by atoms with Gasteiger partial charge >= 0.3 is 0 Å². The Labute approximate surface area is 98.1 Å². The van der Waals surface area contributed by atoms with Gasteiger partial charge < -0.3 is 4.74 Å². The van der Waals surface area contributed by atoms with E-state index in [1.165, 1.54) is 12.8 Å². The lowest BCUT2D eigenvalue weighted by Gasteiger charge is -2.27. The van der Waals surface area contributed by atoms with Crippen molar-refractivity contribution in [1.82, 2.24) is 4.90 Å². The van der Waals surface area contributed by atoms with Gasteiger partial charge in [0.05, 0.1) is 12.2 Å². The molecule has 0 aromatic heterocycles. The van der Waals surface area contributed by atoms with Crippen LogP contribution in [0.2, 0.25) is 0 Å². The zero-order chi connectivity index (χ0) is 11.8. The molecule has 16 heavy (non-hydrogen) atoms. The molecule has 2 nitrogen and oxygen atoms in total. The summed E-state index contributed by atoms with van der Waals surface area (Å²) in [6.07, 6.45) is 2.61. The first-order chi connectivity index (χ1) is 7.39. The number of hydrogen-bond acceptors (Lipinski definition) is 2. The van der Waals surface area contributed by atoms with Crippen LogP contribution in [0, 0.1) is 5.41 Å². The van der Waals surface area contributed by atoms with E-state index in [-0.39, 0.29) is 5.60 Å². The largest absolute Gasteiger partial charge is 0.375 e. The Hall–Kier alpha value is -0.150. The van der Waals surface area contributed by atoms with Crippen molar-refractivity contribution in [1.29, 1.82) is 0 Å². The second-order valence-electron chi connectivity index (χ2n) is 6.52. The predicted molar refractivity (Wildman–Crippen MR) is 63.3 cm³/mol. The van der Waals surface area contributed by atoms with Crippen LogP contribution >= 0.6 is 0 Å². The van der Waals surface area contributed by atoms with Crippen LogP contribution in [0.5, 0.6) is 0 Å². The Kier molecular flexibility index (Phi) is 3.28. The summed E-state index contributed by atoms with van der Waals surface area (Å²) in [5.74, 6) is 0. The number of alkyl halides is 1. The number of halogens is 1. The smallest absolute Gasteiger partial charge is 0.114 e. The van der Waals surface area contributed by atoms with Gasteiger partial charge in [-0.2, -0.15) is 0 Å². The van der Waals surface area contributed by atoms with Crippen LogP contribution in [-0.4, -0.2) is 42.9 Å². The Morgan fingerprint density at radius 1 is 1.38 bits per heavy atom. The summed E-state index contributed by atoms with van der Waals surface area (Å²) in [5, 5.41) is 0. The molecule has 0 aromatic rings. The molecule has 1 atom stereocenters. The molecule has 2 fully saturated rings. The molecule has 1 aliphatic carbocycles. The molecular formula is C13H24FNO. The van der Waals surface area contributed by atoms with Gasteiger partial charge in [-0.1, -0.05) is 0 Å². The Bertz CT molecular complexity index is 245. The average Bonchev–Trinajstić information content (AvgIpc) is 2.80. The summed E-state index contributed by atoms with van der Waals surface area (Å²) >= 11 is 0. The van der Waals surface area contributed by atoms with Crippen LogP contribution in [-0.2, 0) is 4.74 Å². The highest BCUT2D eigenvalue weighted by molar-refractivity contribution is 4.97. The molecule has 0 unspecified atom stereocenters. The van der Waals surface area contributed by atoms with Crippen LogP contribution in [0.25, 0.3) is 0 Å². The first kappa shape index (κ1) is 12.3.